The molecule has 0 amide bonds. The maximum absolute atomic E-state index is 8.71. The van der Waals surface area contributed by atoms with Crippen molar-refractivity contribution in [1.82, 2.24) is 0 Å². The molecule has 0 radical (unpaired) electrons. The van der Waals surface area contributed by atoms with Gasteiger partial charge in [0.1, 0.15) is 0 Å². The Balaban J connectivity index is 0.000000192. The van der Waals surface area contributed by atoms with Gasteiger partial charge in [0.2, 0.25) is 0 Å². The summed E-state index contributed by atoms with van der Waals surface area (Å²) >= 11 is 0. The van der Waals surface area contributed by atoms with E-state index < -0.39 is 0 Å². The van der Waals surface area contributed by atoms with Gasteiger partial charge in [-0.2, -0.15) is 0 Å². The molecule has 1 aliphatic rings. The van der Waals surface area contributed by atoms with Crippen molar-refractivity contribution in [2.45, 2.75) is 26.7 Å². The largest absolute Gasteiger partial charge is 0.501 e. The van der Waals surface area contributed by atoms with Gasteiger partial charge in [-0.05, 0) is 18.4 Å². The van der Waals surface area contributed by atoms with Crippen LogP contribution < -0.4 is 0 Å². The monoisotopic (exact) mass is 260 g/mol. The topological polar surface area (TPSA) is 29.5 Å². The van der Waals surface area contributed by atoms with Crippen LogP contribution in [0.15, 0.2) is 48.7 Å². The van der Waals surface area contributed by atoms with E-state index in [1.54, 1.807) is 5.57 Å². The molecule has 0 saturated heterocycles. The smallest absolute Gasteiger partial charge is 0.0945 e. The van der Waals surface area contributed by atoms with Crippen molar-refractivity contribution >= 4 is 6.08 Å². The Morgan fingerprint density at radius 1 is 1.26 bits per heavy atom. The van der Waals surface area contributed by atoms with E-state index in [0.717, 1.165) is 0 Å². The summed E-state index contributed by atoms with van der Waals surface area (Å²) in [4.78, 5) is 0. The first-order valence-electron chi connectivity index (χ1n) is 6.65. The summed E-state index contributed by atoms with van der Waals surface area (Å²) in [5.41, 5.74) is 2.79. The van der Waals surface area contributed by atoms with Crippen molar-refractivity contribution in [3.63, 3.8) is 0 Å². The Kier molecular flexibility index (Phi) is 6.37. The minimum absolute atomic E-state index is 0.140. The minimum Gasteiger partial charge on any atom is -0.501 e. The fourth-order valence-corrected chi connectivity index (χ4v) is 1.33. The molecule has 104 valence electrons. The van der Waals surface area contributed by atoms with E-state index in [4.69, 9.17) is 9.84 Å². The molecule has 0 unspecified atom stereocenters. The lowest BCUT2D eigenvalue weighted by molar-refractivity contribution is 0.0753. The van der Waals surface area contributed by atoms with E-state index >= 15 is 0 Å². The first-order chi connectivity index (χ1) is 9.07. The van der Waals surface area contributed by atoms with Crippen LogP contribution in [0.2, 0.25) is 0 Å². The van der Waals surface area contributed by atoms with Crippen LogP contribution in [0.5, 0.6) is 0 Å². The summed E-state index contributed by atoms with van der Waals surface area (Å²) in [6.45, 7) is 7.91. The fourth-order valence-electron chi connectivity index (χ4n) is 1.33. The standard InChI is InChI=1S/C10H10.C7H14O2/c1-2-4-9(5-3-1)8-10-6-7-10;1-4-9-6-7(2,3)5-8/h1-5,8H,6-7H2;4,8H,1,5-6H2,2-3H3. The summed E-state index contributed by atoms with van der Waals surface area (Å²) < 4.78 is 4.89. The third-order valence-corrected chi connectivity index (χ3v) is 2.73. The molecule has 2 heteroatoms. The van der Waals surface area contributed by atoms with Crippen molar-refractivity contribution in [2.75, 3.05) is 13.2 Å². The van der Waals surface area contributed by atoms with Gasteiger partial charge in [-0.15, -0.1) is 0 Å². The Morgan fingerprint density at radius 2 is 1.89 bits per heavy atom. The zero-order chi connectivity index (χ0) is 14.1. The Morgan fingerprint density at radius 3 is 2.37 bits per heavy atom. The first-order valence-corrected chi connectivity index (χ1v) is 6.65. The molecule has 0 heterocycles. The van der Waals surface area contributed by atoms with Crippen LogP contribution in [0.25, 0.3) is 6.08 Å². The third-order valence-electron chi connectivity index (χ3n) is 2.73. The van der Waals surface area contributed by atoms with Crippen molar-refractivity contribution in [3.8, 4) is 0 Å². The predicted molar refractivity (Wildman–Crippen MR) is 80.7 cm³/mol. The zero-order valence-corrected chi connectivity index (χ0v) is 11.9. The van der Waals surface area contributed by atoms with Crippen molar-refractivity contribution in [2.24, 2.45) is 5.41 Å². The summed E-state index contributed by atoms with van der Waals surface area (Å²) in [5.74, 6) is 0. The molecule has 0 spiro atoms. The maximum atomic E-state index is 8.71. The van der Waals surface area contributed by atoms with Crippen LogP contribution in [-0.4, -0.2) is 18.3 Å². The molecular weight excluding hydrogens is 236 g/mol. The lowest BCUT2D eigenvalue weighted by Gasteiger charge is -2.19. The number of rotatable bonds is 5. The number of allylic oxidation sites excluding steroid dienone is 1. The van der Waals surface area contributed by atoms with Crippen LogP contribution in [0, 0.1) is 5.41 Å². The molecule has 1 aliphatic carbocycles. The molecule has 2 rings (SSSR count). The maximum Gasteiger partial charge on any atom is 0.0945 e. The molecule has 0 atom stereocenters. The number of aliphatic hydroxyl groups is 1. The van der Waals surface area contributed by atoms with Gasteiger partial charge in [-0.3, -0.25) is 0 Å². The molecule has 1 aromatic carbocycles. The van der Waals surface area contributed by atoms with Gasteiger partial charge >= 0.3 is 0 Å². The lowest BCUT2D eigenvalue weighted by atomic mass is 9.97. The number of hydrogen-bond donors (Lipinski definition) is 1. The highest BCUT2D eigenvalue weighted by molar-refractivity contribution is 5.55. The summed E-state index contributed by atoms with van der Waals surface area (Å²) in [6.07, 6.45) is 6.29. The van der Waals surface area contributed by atoms with Crippen LogP contribution >= 0.6 is 0 Å². The molecule has 1 N–H and O–H groups in total. The van der Waals surface area contributed by atoms with E-state index in [2.05, 4.69) is 43.0 Å². The Bertz CT molecular complexity index is 399. The molecule has 1 fully saturated rings. The second kappa shape index (κ2) is 7.80. The number of hydrogen-bond acceptors (Lipinski definition) is 2. The van der Waals surface area contributed by atoms with Gasteiger partial charge in [0.25, 0.3) is 0 Å². The lowest BCUT2D eigenvalue weighted by Crippen LogP contribution is -2.22. The van der Waals surface area contributed by atoms with Crippen LogP contribution in [0.3, 0.4) is 0 Å². The summed E-state index contributed by atoms with van der Waals surface area (Å²) in [7, 11) is 0. The van der Waals surface area contributed by atoms with Crippen LogP contribution in [-0.2, 0) is 4.74 Å². The number of benzene rings is 1. The van der Waals surface area contributed by atoms with Gasteiger partial charge in [-0.25, -0.2) is 0 Å². The summed E-state index contributed by atoms with van der Waals surface area (Å²) in [6, 6.07) is 10.5. The zero-order valence-electron chi connectivity index (χ0n) is 11.9. The molecule has 2 nitrogen and oxygen atoms in total. The first kappa shape index (κ1) is 15.5. The second-order valence-electron chi connectivity index (χ2n) is 5.51. The number of aliphatic hydroxyl groups excluding tert-OH is 1. The van der Waals surface area contributed by atoms with Crippen molar-refractivity contribution in [1.29, 1.82) is 0 Å². The van der Waals surface area contributed by atoms with Gasteiger partial charge in [0.05, 0.1) is 19.5 Å². The molecule has 1 aromatic rings. The molecule has 0 bridgehead atoms. The minimum atomic E-state index is -0.145. The highest BCUT2D eigenvalue weighted by Gasteiger charge is 2.15. The Hall–Kier alpha value is -1.54. The van der Waals surface area contributed by atoms with Crippen LogP contribution in [0.4, 0.5) is 0 Å². The highest BCUT2D eigenvalue weighted by Crippen LogP contribution is 2.29. The Labute approximate surface area is 116 Å². The van der Waals surface area contributed by atoms with Gasteiger partial charge in [0.15, 0.2) is 0 Å². The highest BCUT2D eigenvalue weighted by atomic mass is 16.5. The third kappa shape index (κ3) is 7.47. The van der Waals surface area contributed by atoms with E-state index in [1.165, 1.54) is 24.7 Å². The van der Waals surface area contributed by atoms with E-state index in [9.17, 15) is 0 Å². The van der Waals surface area contributed by atoms with Crippen molar-refractivity contribution < 1.29 is 9.84 Å². The van der Waals surface area contributed by atoms with Gasteiger partial charge in [0, 0.05) is 5.41 Å². The normalized spacial score (nSPS) is 13.1. The fraction of sp³-hybridized carbons (Fsp3) is 0.412. The van der Waals surface area contributed by atoms with Crippen molar-refractivity contribution in [3.05, 3.63) is 54.3 Å². The quantitative estimate of drug-likeness (QED) is 0.810. The SMILES string of the molecule is C(=C1CC1)c1ccccc1.C=COCC(C)(C)CO. The molecule has 0 aromatic heterocycles. The molecule has 1 saturated carbocycles. The van der Waals surface area contributed by atoms with Crippen LogP contribution in [0.1, 0.15) is 32.3 Å². The number of ether oxygens (including phenoxy) is 1. The van der Waals surface area contributed by atoms with E-state index in [0.29, 0.717) is 6.61 Å². The second-order valence-corrected chi connectivity index (χ2v) is 5.51. The molecule has 19 heavy (non-hydrogen) atoms. The average Bonchev–Trinajstić information content (AvgIpc) is 3.22. The van der Waals surface area contributed by atoms with Gasteiger partial charge < -0.3 is 9.84 Å². The predicted octanol–water partition coefficient (Wildman–Crippen LogP) is 4.03. The summed E-state index contributed by atoms with van der Waals surface area (Å²) in [5, 5.41) is 8.71. The molecular formula is C17H24O2. The molecule has 0 aliphatic heterocycles. The van der Waals surface area contributed by atoms with Gasteiger partial charge in [-0.1, -0.05) is 62.4 Å². The average molecular weight is 260 g/mol. The van der Waals surface area contributed by atoms with E-state index in [-0.39, 0.29) is 12.0 Å². The van der Waals surface area contributed by atoms with E-state index in [1.807, 2.05) is 13.8 Å².